The molecule has 3 rings (SSSR count). The highest BCUT2D eigenvalue weighted by Crippen LogP contribution is 2.25. The van der Waals surface area contributed by atoms with Crippen molar-refractivity contribution in [3.8, 4) is 5.75 Å². The van der Waals surface area contributed by atoms with Crippen molar-refractivity contribution >= 4 is 41.3 Å². The molecule has 10 heteroatoms. The molecule has 0 saturated carbocycles. The summed E-state index contributed by atoms with van der Waals surface area (Å²) in [6.45, 7) is 1.38. The van der Waals surface area contributed by atoms with Crippen molar-refractivity contribution in [3.63, 3.8) is 0 Å². The van der Waals surface area contributed by atoms with Gasteiger partial charge in [-0.05, 0) is 17.5 Å². The summed E-state index contributed by atoms with van der Waals surface area (Å²) in [6.07, 6.45) is 0. The van der Waals surface area contributed by atoms with Crippen molar-refractivity contribution in [1.82, 2.24) is 15.5 Å². The zero-order chi connectivity index (χ0) is 20.5. The van der Waals surface area contributed by atoms with Gasteiger partial charge in [0.25, 0.3) is 0 Å². The van der Waals surface area contributed by atoms with Gasteiger partial charge in [0.2, 0.25) is 0 Å². The van der Waals surface area contributed by atoms with E-state index < -0.39 is 6.61 Å². The predicted molar refractivity (Wildman–Crippen MR) is 126 cm³/mol. The maximum absolute atomic E-state index is 12.6. The van der Waals surface area contributed by atoms with E-state index in [4.69, 9.17) is 4.74 Å². The Balaban J connectivity index is 0.00000320. The molecule has 2 aromatic rings. The van der Waals surface area contributed by atoms with E-state index in [1.165, 1.54) is 10.9 Å². The van der Waals surface area contributed by atoms with Crippen molar-refractivity contribution in [2.75, 3.05) is 39.9 Å². The molecule has 1 atom stereocenters. The van der Waals surface area contributed by atoms with E-state index in [0.717, 1.165) is 26.3 Å². The molecule has 6 nitrogen and oxygen atoms in total. The van der Waals surface area contributed by atoms with Crippen molar-refractivity contribution in [2.24, 2.45) is 4.99 Å². The van der Waals surface area contributed by atoms with Gasteiger partial charge in [-0.15, -0.1) is 35.3 Å². The van der Waals surface area contributed by atoms with Crippen molar-refractivity contribution in [1.29, 1.82) is 0 Å². The molecule has 0 bridgehead atoms. The highest BCUT2D eigenvalue weighted by molar-refractivity contribution is 14.0. The number of benzene rings is 1. The minimum atomic E-state index is -2.85. The first-order valence-corrected chi connectivity index (χ1v) is 10.4. The smallest absolute Gasteiger partial charge is 0.387 e. The summed E-state index contributed by atoms with van der Waals surface area (Å²) >= 11 is 1.73. The lowest BCUT2D eigenvalue weighted by molar-refractivity contribution is -0.0504. The molecule has 1 fully saturated rings. The average Bonchev–Trinajstić information content (AvgIpc) is 3.26. The normalized spacial score (nSPS) is 16.1. The van der Waals surface area contributed by atoms with Crippen LogP contribution in [-0.4, -0.2) is 57.4 Å². The van der Waals surface area contributed by atoms with Crippen LogP contribution >= 0.6 is 35.3 Å². The Labute approximate surface area is 196 Å². The predicted octanol–water partition coefficient (Wildman–Crippen LogP) is 3.71. The number of rotatable bonds is 8. The summed E-state index contributed by atoms with van der Waals surface area (Å²) in [5.74, 6) is 0.766. The highest BCUT2D eigenvalue weighted by atomic mass is 127. The maximum atomic E-state index is 12.6. The summed E-state index contributed by atoms with van der Waals surface area (Å²) in [4.78, 5) is 7.94. The van der Waals surface area contributed by atoms with Gasteiger partial charge in [-0.25, -0.2) is 0 Å². The van der Waals surface area contributed by atoms with Gasteiger partial charge >= 0.3 is 6.61 Å². The van der Waals surface area contributed by atoms with Gasteiger partial charge in [-0.2, -0.15) is 8.78 Å². The van der Waals surface area contributed by atoms with E-state index in [2.05, 4.69) is 42.8 Å². The number of guanidine groups is 1. The lowest BCUT2D eigenvalue weighted by Gasteiger charge is -2.34. The molecular formula is C20H27F2IN4O2S. The van der Waals surface area contributed by atoms with Crippen LogP contribution in [-0.2, 0) is 11.3 Å². The molecular weight excluding hydrogens is 525 g/mol. The minimum absolute atomic E-state index is 0. The standard InChI is InChI=1S/C20H26F2N4O2S.HI/c1-23-20(24-13-15-5-2-3-6-17(15)28-19(21)22)25-14-16(18-7-4-12-29-18)26-8-10-27-11-9-26;/h2-7,12,16,19H,8-11,13-14H2,1H3,(H2,23,24,25);1H. The van der Waals surface area contributed by atoms with E-state index in [1.54, 1.807) is 36.6 Å². The largest absolute Gasteiger partial charge is 0.434 e. The molecule has 2 heterocycles. The van der Waals surface area contributed by atoms with E-state index in [-0.39, 0.29) is 35.8 Å². The molecule has 0 amide bonds. The first-order chi connectivity index (χ1) is 14.2. The van der Waals surface area contributed by atoms with E-state index in [1.807, 2.05) is 0 Å². The fraction of sp³-hybridized carbons (Fsp3) is 0.450. The topological polar surface area (TPSA) is 58.1 Å². The Hall–Kier alpha value is -1.50. The van der Waals surface area contributed by atoms with Crippen LogP contribution in [0.5, 0.6) is 5.75 Å². The number of nitrogens with one attached hydrogen (secondary N) is 2. The van der Waals surface area contributed by atoms with Gasteiger partial charge < -0.3 is 20.1 Å². The molecule has 1 aliphatic rings. The lowest BCUT2D eigenvalue weighted by atomic mass is 10.2. The summed E-state index contributed by atoms with van der Waals surface area (Å²) in [5.41, 5.74) is 0.638. The fourth-order valence-electron chi connectivity index (χ4n) is 3.23. The number of morpholine rings is 1. The summed E-state index contributed by atoms with van der Waals surface area (Å²) < 4.78 is 35.3. The Morgan fingerprint density at radius 2 is 1.97 bits per heavy atom. The average molecular weight is 552 g/mol. The number of ether oxygens (including phenoxy) is 2. The Kier molecular flexibility index (Phi) is 10.8. The minimum Gasteiger partial charge on any atom is -0.434 e. The first-order valence-electron chi connectivity index (χ1n) is 9.50. The molecule has 166 valence electrons. The summed E-state index contributed by atoms with van der Waals surface area (Å²) in [5, 5.41) is 8.62. The Bertz CT molecular complexity index is 774. The van der Waals surface area contributed by atoms with Crippen molar-refractivity contribution in [3.05, 3.63) is 52.2 Å². The van der Waals surface area contributed by atoms with Gasteiger partial charge in [0.05, 0.1) is 19.3 Å². The number of hydrogen-bond acceptors (Lipinski definition) is 5. The molecule has 0 spiro atoms. The Morgan fingerprint density at radius 1 is 1.20 bits per heavy atom. The van der Waals surface area contributed by atoms with Crippen LogP contribution in [0.1, 0.15) is 16.5 Å². The van der Waals surface area contributed by atoms with Crippen molar-refractivity contribution in [2.45, 2.75) is 19.2 Å². The number of thiophene rings is 1. The lowest BCUT2D eigenvalue weighted by Crippen LogP contribution is -2.46. The van der Waals surface area contributed by atoms with Gasteiger partial charge in [0.1, 0.15) is 5.75 Å². The molecule has 0 aliphatic carbocycles. The number of nitrogens with zero attached hydrogens (tertiary/aromatic N) is 2. The summed E-state index contributed by atoms with van der Waals surface area (Å²) in [6, 6.07) is 11.2. The molecule has 0 radical (unpaired) electrons. The van der Waals surface area contributed by atoms with Gasteiger partial charge in [-0.3, -0.25) is 9.89 Å². The van der Waals surface area contributed by atoms with E-state index in [0.29, 0.717) is 24.6 Å². The van der Waals surface area contributed by atoms with Gasteiger partial charge in [0.15, 0.2) is 5.96 Å². The third-order valence-corrected chi connectivity index (χ3v) is 5.65. The van der Waals surface area contributed by atoms with Crippen LogP contribution in [0.15, 0.2) is 46.8 Å². The molecule has 1 saturated heterocycles. The number of alkyl halides is 2. The molecule has 2 N–H and O–H groups in total. The van der Waals surface area contributed by atoms with E-state index >= 15 is 0 Å². The SMILES string of the molecule is CN=C(NCc1ccccc1OC(F)F)NCC(c1cccs1)N1CCOCC1.I. The third kappa shape index (κ3) is 7.33. The fourth-order valence-corrected chi connectivity index (χ4v) is 4.09. The van der Waals surface area contributed by atoms with Crippen LogP contribution in [0.4, 0.5) is 8.78 Å². The van der Waals surface area contributed by atoms with E-state index in [9.17, 15) is 8.78 Å². The second-order valence-electron chi connectivity index (χ2n) is 6.47. The number of hydrogen-bond donors (Lipinski definition) is 2. The summed E-state index contributed by atoms with van der Waals surface area (Å²) in [7, 11) is 1.69. The molecule has 1 unspecified atom stereocenters. The molecule has 30 heavy (non-hydrogen) atoms. The van der Waals surface area contributed by atoms with Crippen LogP contribution < -0.4 is 15.4 Å². The van der Waals surface area contributed by atoms with Crippen LogP contribution in [0.3, 0.4) is 0 Å². The van der Waals surface area contributed by atoms with Crippen LogP contribution in [0.2, 0.25) is 0 Å². The Morgan fingerprint density at radius 3 is 2.63 bits per heavy atom. The van der Waals surface area contributed by atoms with Crippen molar-refractivity contribution < 1.29 is 18.3 Å². The first kappa shape index (κ1) is 24.8. The monoisotopic (exact) mass is 552 g/mol. The van der Waals surface area contributed by atoms with Gasteiger partial charge in [0, 0.05) is 43.7 Å². The quantitative estimate of drug-likeness (QED) is 0.297. The number of para-hydroxylation sites is 1. The number of halogens is 3. The van der Waals surface area contributed by atoms with Crippen LogP contribution in [0.25, 0.3) is 0 Å². The third-order valence-electron chi connectivity index (χ3n) is 4.68. The highest BCUT2D eigenvalue weighted by Gasteiger charge is 2.23. The second-order valence-corrected chi connectivity index (χ2v) is 7.45. The van der Waals surface area contributed by atoms with Gasteiger partial charge in [-0.1, -0.05) is 24.3 Å². The van der Waals surface area contributed by atoms with Crippen LogP contribution in [0, 0.1) is 0 Å². The maximum Gasteiger partial charge on any atom is 0.387 e. The molecule has 1 aliphatic heterocycles. The molecule has 1 aromatic heterocycles. The zero-order valence-electron chi connectivity index (χ0n) is 16.7. The molecule has 1 aromatic carbocycles. The second kappa shape index (κ2) is 13.0. The number of aliphatic imine (C=N–C) groups is 1. The zero-order valence-corrected chi connectivity index (χ0v) is 19.9.